The number of nitrogens with one attached hydrogen (secondary N) is 2. The molecule has 0 aliphatic rings. The van der Waals surface area contributed by atoms with Crippen LogP contribution in [-0.4, -0.2) is 34.0 Å². The number of hydrogen-bond donors (Lipinski definition) is 2. The summed E-state index contributed by atoms with van der Waals surface area (Å²) in [5, 5.41) is 2.70. The molecular weight excluding hydrogens is 304 g/mol. The Bertz CT molecular complexity index is 614. The van der Waals surface area contributed by atoms with E-state index in [2.05, 4.69) is 10.0 Å². The highest BCUT2D eigenvalue weighted by Gasteiger charge is 2.22. The van der Waals surface area contributed by atoms with E-state index in [1.54, 1.807) is 13.0 Å². The van der Waals surface area contributed by atoms with Gasteiger partial charge in [-0.15, -0.1) is 0 Å². The Morgan fingerprint density at radius 2 is 2.05 bits per heavy atom. The number of unbranched alkanes of at least 4 members (excludes halogenated alkanes) is 1. The summed E-state index contributed by atoms with van der Waals surface area (Å²) in [5.74, 6) is 0.284. The molecule has 0 saturated heterocycles. The number of aryl methyl sites for hydroxylation is 1. The van der Waals surface area contributed by atoms with Crippen LogP contribution in [0.3, 0.4) is 0 Å². The van der Waals surface area contributed by atoms with E-state index in [-0.39, 0.29) is 10.8 Å². The van der Waals surface area contributed by atoms with E-state index < -0.39 is 16.1 Å². The van der Waals surface area contributed by atoms with Crippen molar-refractivity contribution in [1.82, 2.24) is 10.0 Å². The minimum Gasteiger partial charge on any atom is -0.496 e. The first-order valence-corrected chi connectivity index (χ1v) is 8.74. The second-order valence-electron chi connectivity index (χ2n) is 5.12. The van der Waals surface area contributed by atoms with Crippen LogP contribution in [0.4, 0.5) is 0 Å². The van der Waals surface area contributed by atoms with Gasteiger partial charge in [0.05, 0.1) is 18.0 Å². The van der Waals surface area contributed by atoms with Crippen molar-refractivity contribution in [2.45, 2.75) is 44.6 Å². The smallest absolute Gasteiger partial charge is 0.241 e. The molecule has 1 aromatic rings. The first-order chi connectivity index (χ1) is 10.3. The number of sulfonamides is 1. The lowest BCUT2D eigenvalue weighted by Crippen LogP contribution is -2.44. The van der Waals surface area contributed by atoms with Gasteiger partial charge in [0.15, 0.2) is 0 Å². The lowest BCUT2D eigenvalue weighted by atomic mass is 10.2. The summed E-state index contributed by atoms with van der Waals surface area (Å²) in [6.07, 6.45) is 1.83. The third-order valence-electron chi connectivity index (χ3n) is 3.23. The van der Waals surface area contributed by atoms with Crippen LogP contribution < -0.4 is 14.8 Å². The van der Waals surface area contributed by atoms with Gasteiger partial charge in [-0.25, -0.2) is 8.42 Å². The largest absolute Gasteiger partial charge is 0.496 e. The predicted octanol–water partition coefficient (Wildman–Crippen LogP) is 1.59. The molecule has 0 unspecified atom stereocenters. The molecule has 1 rings (SSSR count). The van der Waals surface area contributed by atoms with Crippen molar-refractivity contribution in [2.75, 3.05) is 13.7 Å². The van der Waals surface area contributed by atoms with Crippen LogP contribution in [0.25, 0.3) is 0 Å². The normalized spacial score (nSPS) is 12.7. The molecule has 0 saturated carbocycles. The molecular formula is C15H24N2O4S. The first kappa shape index (κ1) is 18.4. The molecule has 0 heterocycles. The van der Waals surface area contributed by atoms with Crippen molar-refractivity contribution >= 4 is 15.9 Å². The van der Waals surface area contributed by atoms with Crippen LogP contribution in [-0.2, 0) is 14.8 Å². The summed E-state index contributed by atoms with van der Waals surface area (Å²) in [4.78, 5) is 11.9. The molecule has 1 aromatic carbocycles. The van der Waals surface area contributed by atoms with Gasteiger partial charge in [0.25, 0.3) is 0 Å². The molecule has 0 aromatic heterocycles. The number of rotatable bonds is 8. The standard InChI is InChI=1S/C15H24N2O4S/c1-5-6-9-16-15(18)12(3)17-22(19,20)13-7-8-14(21-4)11(2)10-13/h7-8,10,12,17H,5-6,9H2,1-4H3,(H,16,18)/t12-/m0/s1. The number of carbonyl (C=O) groups is 1. The Hall–Kier alpha value is -1.60. The van der Waals surface area contributed by atoms with Crippen molar-refractivity contribution in [3.63, 3.8) is 0 Å². The van der Waals surface area contributed by atoms with Gasteiger partial charge in [-0.1, -0.05) is 13.3 Å². The zero-order valence-corrected chi connectivity index (χ0v) is 14.3. The third kappa shape index (κ3) is 4.99. The molecule has 0 aliphatic carbocycles. The SMILES string of the molecule is CCCCNC(=O)[C@H](C)NS(=O)(=O)c1ccc(OC)c(C)c1. The molecule has 0 fully saturated rings. The van der Waals surface area contributed by atoms with Crippen LogP contribution in [0.5, 0.6) is 5.75 Å². The maximum absolute atomic E-state index is 12.3. The quantitative estimate of drug-likeness (QED) is 0.710. The van der Waals surface area contributed by atoms with Gasteiger partial charge in [0.2, 0.25) is 15.9 Å². The van der Waals surface area contributed by atoms with Gasteiger partial charge in [0, 0.05) is 6.54 Å². The van der Waals surface area contributed by atoms with E-state index in [1.807, 2.05) is 6.92 Å². The first-order valence-electron chi connectivity index (χ1n) is 7.26. The van der Waals surface area contributed by atoms with Crippen molar-refractivity contribution in [3.8, 4) is 5.75 Å². The van der Waals surface area contributed by atoms with Crippen molar-refractivity contribution in [3.05, 3.63) is 23.8 Å². The Kier molecular flexibility index (Phi) is 6.83. The lowest BCUT2D eigenvalue weighted by Gasteiger charge is -2.15. The zero-order valence-electron chi connectivity index (χ0n) is 13.5. The van der Waals surface area contributed by atoms with Crippen LogP contribution in [0, 0.1) is 6.92 Å². The van der Waals surface area contributed by atoms with E-state index in [4.69, 9.17) is 4.74 Å². The second-order valence-corrected chi connectivity index (χ2v) is 6.83. The van der Waals surface area contributed by atoms with Crippen molar-refractivity contribution in [2.24, 2.45) is 0 Å². The number of amides is 1. The molecule has 6 nitrogen and oxygen atoms in total. The van der Waals surface area contributed by atoms with E-state index >= 15 is 0 Å². The molecule has 1 atom stereocenters. The van der Waals surface area contributed by atoms with Gasteiger partial charge >= 0.3 is 0 Å². The summed E-state index contributed by atoms with van der Waals surface area (Å²) in [5.41, 5.74) is 0.713. The summed E-state index contributed by atoms with van der Waals surface area (Å²) >= 11 is 0. The molecule has 0 bridgehead atoms. The van der Waals surface area contributed by atoms with E-state index in [1.165, 1.54) is 26.2 Å². The molecule has 7 heteroatoms. The van der Waals surface area contributed by atoms with Crippen LogP contribution >= 0.6 is 0 Å². The van der Waals surface area contributed by atoms with Crippen molar-refractivity contribution in [1.29, 1.82) is 0 Å². The van der Waals surface area contributed by atoms with Gasteiger partial charge in [-0.3, -0.25) is 4.79 Å². The maximum atomic E-state index is 12.3. The Morgan fingerprint density at radius 3 is 2.59 bits per heavy atom. The van der Waals surface area contributed by atoms with Crippen molar-refractivity contribution < 1.29 is 17.9 Å². The van der Waals surface area contributed by atoms with Crippen LogP contribution in [0.15, 0.2) is 23.1 Å². The highest BCUT2D eigenvalue weighted by molar-refractivity contribution is 7.89. The van der Waals surface area contributed by atoms with Crippen LogP contribution in [0.1, 0.15) is 32.3 Å². The molecule has 22 heavy (non-hydrogen) atoms. The maximum Gasteiger partial charge on any atom is 0.241 e. The Morgan fingerprint density at radius 1 is 1.36 bits per heavy atom. The molecule has 0 spiro atoms. The minimum absolute atomic E-state index is 0.110. The third-order valence-corrected chi connectivity index (χ3v) is 4.77. The number of methoxy groups -OCH3 is 1. The lowest BCUT2D eigenvalue weighted by molar-refractivity contribution is -0.122. The van der Waals surface area contributed by atoms with Gasteiger partial charge in [-0.2, -0.15) is 4.72 Å². The Balaban J connectivity index is 2.78. The van der Waals surface area contributed by atoms with Gasteiger partial charge in [-0.05, 0) is 44.0 Å². The summed E-state index contributed by atoms with van der Waals surface area (Å²) in [6.45, 7) is 5.85. The van der Waals surface area contributed by atoms with Gasteiger partial charge < -0.3 is 10.1 Å². The fourth-order valence-corrected chi connectivity index (χ4v) is 3.20. The molecule has 0 aliphatic heterocycles. The van der Waals surface area contributed by atoms with E-state index in [9.17, 15) is 13.2 Å². The number of ether oxygens (including phenoxy) is 1. The second kappa shape index (κ2) is 8.14. The van der Waals surface area contributed by atoms with E-state index in [0.29, 0.717) is 17.9 Å². The monoisotopic (exact) mass is 328 g/mol. The van der Waals surface area contributed by atoms with Crippen LogP contribution in [0.2, 0.25) is 0 Å². The highest BCUT2D eigenvalue weighted by atomic mass is 32.2. The summed E-state index contributed by atoms with van der Waals surface area (Å²) in [7, 11) is -2.22. The number of hydrogen-bond acceptors (Lipinski definition) is 4. The number of benzene rings is 1. The average molecular weight is 328 g/mol. The van der Waals surface area contributed by atoms with Gasteiger partial charge in [0.1, 0.15) is 5.75 Å². The Labute approximate surface area is 132 Å². The molecule has 0 radical (unpaired) electrons. The zero-order chi connectivity index (χ0) is 16.8. The summed E-state index contributed by atoms with van der Waals surface area (Å²) in [6, 6.07) is 3.73. The molecule has 124 valence electrons. The predicted molar refractivity (Wildman–Crippen MR) is 85.4 cm³/mol. The molecule has 2 N–H and O–H groups in total. The average Bonchev–Trinajstić information content (AvgIpc) is 2.46. The highest BCUT2D eigenvalue weighted by Crippen LogP contribution is 2.21. The molecule has 1 amide bonds. The number of carbonyl (C=O) groups excluding carboxylic acids is 1. The summed E-state index contributed by atoms with van der Waals surface area (Å²) < 4.78 is 32.1. The van der Waals surface area contributed by atoms with E-state index in [0.717, 1.165) is 12.8 Å². The fraction of sp³-hybridized carbons (Fsp3) is 0.533. The minimum atomic E-state index is -3.75. The topological polar surface area (TPSA) is 84.5 Å². The fourth-order valence-electron chi connectivity index (χ4n) is 1.91.